The number of hydrogen-bond acceptors (Lipinski definition) is 3. The van der Waals surface area contributed by atoms with Crippen molar-refractivity contribution < 1.29 is 9.18 Å². The number of benzene rings is 1. The first-order chi connectivity index (χ1) is 11.2. The lowest BCUT2D eigenvalue weighted by atomic mass is 10.2. The zero-order chi connectivity index (χ0) is 16.1. The van der Waals surface area contributed by atoms with Gasteiger partial charge in [-0.1, -0.05) is 12.1 Å². The molecule has 1 saturated carbocycles. The second-order valence-electron chi connectivity index (χ2n) is 6.71. The van der Waals surface area contributed by atoms with Crippen molar-refractivity contribution in [1.82, 2.24) is 15.1 Å². The highest BCUT2D eigenvalue weighted by Gasteiger charge is 2.22. The first kappa shape index (κ1) is 22.2. The number of nitrogens with one attached hydrogen (secondary N) is 1. The Labute approximate surface area is 162 Å². The minimum absolute atomic E-state index is 0. The molecule has 0 spiro atoms. The van der Waals surface area contributed by atoms with E-state index in [0.29, 0.717) is 6.54 Å². The summed E-state index contributed by atoms with van der Waals surface area (Å²) in [6.07, 6.45) is 3.61. The van der Waals surface area contributed by atoms with Gasteiger partial charge in [-0.3, -0.25) is 9.69 Å². The van der Waals surface area contributed by atoms with E-state index in [9.17, 15) is 9.18 Å². The third-order valence-electron chi connectivity index (χ3n) is 4.67. The largest absolute Gasteiger partial charge is 0.340 e. The summed E-state index contributed by atoms with van der Waals surface area (Å²) >= 11 is 0. The van der Waals surface area contributed by atoms with Gasteiger partial charge in [-0.05, 0) is 49.4 Å². The highest BCUT2D eigenvalue weighted by molar-refractivity contribution is 5.85. The number of carbonyl (C=O) groups is 1. The summed E-state index contributed by atoms with van der Waals surface area (Å²) < 4.78 is 13.0. The Morgan fingerprint density at radius 3 is 2.48 bits per heavy atom. The quantitative estimate of drug-likeness (QED) is 0.809. The fraction of sp³-hybridized carbons (Fsp3) is 0.611. The van der Waals surface area contributed by atoms with Crippen molar-refractivity contribution in [3.8, 4) is 0 Å². The second kappa shape index (κ2) is 11.0. The molecule has 1 aliphatic carbocycles. The zero-order valence-corrected chi connectivity index (χ0v) is 16.1. The number of hydrogen-bond donors (Lipinski definition) is 1. The van der Waals surface area contributed by atoms with Crippen LogP contribution in [0, 0.1) is 11.7 Å². The van der Waals surface area contributed by atoms with Crippen molar-refractivity contribution in [2.45, 2.75) is 25.8 Å². The Morgan fingerprint density at radius 1 is 1.08 bits per heavy atom. The van der Waals surface area contributed by atoms with E-state index in [1.807, 2.05) is 17.0 Å². The van der Waals surface area contributed by atoms with E-state index >= 15 is 0 Å². The third kappa shape index (κ3) is 7.48. The van der Waals surface area contributed by atoms with Crippen LogP contribution >= 0.6 is 24.8 Å². The molecule has 1 saturated heterocycles. The Bertz CT molecular complexity index is 526. The van der Waals surface area contributed by atoms with Gasteiger partial charge in [0, 0.05) is 32.7 Å². The molecule has 1 aromatic carbocycles. The molecule has 0 radical (unpaired) electrons. The average molecular weight is 392 g/mol. The van der Waals surface area contributed by atoms with Gasteiger partial charge in [0.15, 0.2) is 0 Å². The maximum absolute atomic E-state index is 13.0. The summed E-state index contributed by atoms with van der Waals surface area (Å²) in [7, 11) is 0. The van der Waals surface area contributed by atoms with Gasteiger partial charge in [0.25, 0.3) is 0 Å². The molecule has 1 N–H and O–H groups in total. The van der Waals surface area contributed by atoms with Crippen molar-refractivity contribution in [1.29, 1.82) is 0 Å². The topological polar surface area (TPSA) is 35.6 Å². The average Bonchev–Trinajstić information content (AvgIpc) is 3.37. The van der Waals surface area contributed by atoms with Gasteiger partial charge in [-0.2, -0.15) is 0 Å². The SMILES string of the molecule is Cl.Cl.O=C(CNCC1CC1)N1CCCN(Cc2ccc(F)cc2)CC1. The van der Waals surface area contributed by atoms with Gasteiger partial charge < -0.3 is 10.2 Å². The van der Waals surface area contributed by atoms with Crippen LogP contribution in [-0.4, -0.2) is 55.0 Å². The van der Waals surface area contributed by atoms with Crippen LogP contribution < -0.4 is 5.32 Å². The summed E-state index contributed by atoms with van der Waals surface area (Å²) in [6, 6.07) is 6.69. The molecule has 0 bridgehead atoms. The van der Waals surface area contributed by atoms with Crippen LogP contribution in [0.1, 0.15) is 24.8 Å². The number of amides is 1. The molecule has 3 rings (SSSR count). The first-order valence-corrected chi connectivity index (χ1v) is 8.66. The predicted molar refractivity (Wildman–Crippen MR) is 103 cm³/mol. The fourth-order valence-corrected chi connectivity index (χ4v) is 3.04. The van der Waals surface area contributed by atoms with Crippen LogP contribution in [0.2, 0.25) is 0 Å². The lowest BCUT2D eigenvalue weighted by molar-refractivity contribution is -0.130. The summed E-state index contributed by atoms with van der Waals surface area (Å²) in [5, 5.41) is 3.28. The highest BCUT2D eigenvalue weighted by Crippen LogP contribution is 2.27. The molecule has 25 heavy (non-hydrogen) atoms. The highest BCUT2D eigenvalue weighted by atomic mass is 35.5. The monoisotopic (exact) mass is 391 g/mol. The van der Waals surface area contributed by atoms with Gasteiger partial charge >= 0.3 is 0 Å². The molecule has 1 heterocycles. The van der Waals surface area contributed by atoms with Crippen molar-refractivity contribution in [2.24, 2.45) is 5.92 Å². The molecule has 1 aromatic rings. The third-order valence-corrected chi connectivity index (χ3v) is 4.67. The van der Waals surface area contributed by atoms with Crippen LogP contribution in [0.3, 0.4) is 0 Å². The lowest BCUT2D eigenvalue weighted by Gasteiger charge is -2.22. The molecule has 0 atom stereocenters. The maximum Gasteiger partial charge on any atom is 0.236 e. The molecule has 2 aliphatic rings. The molecular weight excluding hydrogens is 364 g/mol. The van der Waals surface area contributed by atoms with Crippen molar-refractivity contribution >= 4 is 30.7 Å². The normalized spacial score (nSPS) is 18.0. The van der Waals surface area contributed by atoms with Crippen molar-refractivity contribution in [2.75, 3.05) is 39.3 Å². The number of halogens is 3. The molecule has 7 heteroatoms. The van der Waals surface area contributed by atoms with E-state index < -0.39 is 0 Å². The van der Waals surface area contributed by atoms with Gasteiger partial charge in [0.2, 0.25) is 5.91 Å². The molecule has 0 unspecified atom stereocenters. The van der Waals surface area contributed by atoms with E-state index in [4.69, 9.17) is 0 Å². The summed E-state index contributed by atoms with van der Waals surface area (Å²) in [6.45, 7) is 5.75. The van der Waals surface area contributed by atoms with E-state index in [0.717, 1.165) is 57.2 Å². The number of carbonyl (C=O) groups excluding carboxylic acids is 1. The molecular formula is C18H28Cl2FN3O. The van der Waals surface area contributed by atoms with E-state index in [1.165, 1.54) is 25.0 Å². The number of nitrogens with zero attached hydrogens (tertiary/aromatic N) is 2. The second-order valence-corrected chi connectivity index (χ2v) is 6.71. The molecule has 1 aliphatic heterocycles. The van der Waals surface area contributed by atoms with Crippen LogP contribution in [0.5, 0.6) is 0 Å². The van der Waals surface area contributed by atoms with Gasteiger partial charge in [0.05, 0.1) is 6.54 Å². The van der Waals surface area contributed by atoms with E-state index in [1.54, 1.807) is 0 Å². The van der Waals surface area contributed by atoms with Crippen LogP contribution in [0.4, 0.5) is 4.39 Å². The van der Waals surface area contributed by atoms with Crippen molar-refractivity contribution in [3.05, 3.63) is 35.6 Å². The summed E-state index contributed by atoms with van der Waals surface area (Å²) in [5.41, 5.74) is 1.12. The predicted octanol–water partition coefficient (Wildman–Crippen LogP) is 2.70. The maximum atomic E-state index is 13.0. The number of rotatable bonds is 6. The Kier molecular flexibility index (Phi) is 9.72. The summed E-state index contributed by atoms with van der Waals surface area (Å²) in [4.78, 5) is 16.6. The lowest BCUT2D eigenvalue weighted by Crippen LogP contribution is -2.40. The minimum atomic E-state index is -0.194. The Balaban J connectivity index is 0.00000156. The van der Waals surface area contributed by atoms with Crippen LogP contribution in [0.15, 0.2) is 24.3 Å². The molecule has 2 fully saturated rings. The first-order valence-electron chi connectivity index (χ1n) is 8.66. The Morgan fingerprint density at radius 2 is 1.80 bits per heavy atom. The van der Waals surface area contributed by atoms with Gasteiger partial charge in [-0.25, -0.2) is 4.39 Å². The smallest absolute Gasteiger partial charge is 0.236 e. The summed E-state index contributed by atoms with van der Waals surface area (Å²) in [5.74, 6) is 0.826. The molecule has 142 valence electrons. The van der Waals surface area contributed by atoms with E-state index in [-0.39, 0.29) is 36.5 Å². The van der Waals surface area contributed by atoms with E-state index in [2.05, 4.69) is 10.2 Å². The Hall–Kier alpha value is -0.880. The van der Waals surface area contributed by atoms with Gasteiger partial charge in [0.1, 0.15) is 5.82 Å². The molecule has 1 amide bonds. The van der Waals surface area contributed by atoms with Crippen LogP contribution in [0.25, 0.3) is 0 Å². The molecule has 4 nitrogen and oxygen atoms in total. The molecule has 0 aromatic heterocycles. The minimum Gasteiger partial charge on any atom is -0.340 e. The zero-order valence-electron chi connectivity index (χ0n) is 14.5. The standard InChI is InChI=1S/C18H26FN3O.2ClH/c19-17-6-4-16(5-7-17)14-21-8-1-9-22(11-10-21)18(23)13-20-12-15-2-3-15;;/h4-7,15,20H,1-3,8-14H2;2*1H. The fourth-order valence-electron chi connectivity index (χ4n) is 3.04. The van der Waals surface area contributed by atoms with Crippen molar-refractivity contribution in [3.63, 3.8) is 0 Å². The van der Waals surface area contributed by atoms with Crippen LogP contribution in [-0.2, 0) is 11.3 Å². The van der Waals surface area contributed by atoms with Gasteiger partial charge in [-0.15, -0.1) is 24.8 Å².